The van der Waals surface area contributed by atoms with E-state index >= 15 is 8.63 Å². The fourth-order valence-electron chi connectivity index (χ4n) is 7.55. The van der Waals surface area contributed by atoms with Gasteiger partial charge in [0.2, 0.25) is 11.8 Å². The number of hydrogen-bond acceptors (Lipinski definition) is 9. The van der Waals surface area contributed by atoms with Gasteiger partial charge in [-0.3, -0.25) is 29.0 Å². The Bertz CT molecular complexity index is 2030. The highest BCUT2D eigenvalue weighted by Crippen LogP contribution is 2.39. The molecule has 1 atom stereocenters. The van der Waals surface area contributed by atoms with E-state index in [0.717, 1.165) is 69.7 Å². The second-order valence-electron chi connectivity index (χ2n) is 16.6. The molecule has 6 amide bonds. The Balaban J connectivity index is 1.39. The van der Waals surface area contributed by atoms with Crippen LogP contribution in [-0.4, -0.2) is 126 Å². The molecule has 3 aliphatic rings. The van der Waals surface area contributed by atoms with Crippen LogP contribution < -0.4 is 16.0 Å². The normalized spacial score (nSPS) is 16.6. The first-order valence-electron chi connectivity index (χ1n) is 20.6. The van der Waals surface area contributed by atoms with Gasteiger partial charge in [-0.05, 0) is 56.4 Å². The van der Waals surface area contributed by atoms with Crippen molar-refractivity contribution in [1.82, 2.24) is 25.5 Å². The Morgan fingerprint density at radius 2 is 1.63 bits per heavy atom. The first-order valence-corrected chi connectivity index (χ1v) is 22.2. The number of nitrogens with one attached hydrogen (secondary N) is 3. The molecular formula is C39H59BF2N7O10S+. The molecule has 4 heterocycles. The van der Waals surface area contributed by atoms with E-state index in [1.54, 1.807) is 13.0 Å². The number of rotatable bonds is 23. The summed E-state index contributed by atoms with van der Waals surface area (Å²) in [7, 11) is 1.45. The number of aryl methyl sites for hydroxylation is 2. The molecule has 4 rings (SSSR count). The number of quaternary nitrogens is 1. The van der Waals surface area contributed by atoms with Gasteiger partial charge in [-0.25, -0.2) is 9.59 Å². The molecule has 17 nitrogen and oxygen atoms in total. The highest BCUT2D eigenvalue weighted by Gasteiger charge is 2.54. The summed E-state index contributed by atoms with van der Waals surface area (Å²) in [5.74, 6) is -5.25. The van der Waals surface area contributed by atoms with Crippen LogP contribution in [0.4, 0.5) is 13.4 Å². The summed E-state index contributed by atoms with van der Waals surface area (Å²) in [5.41, 5.74) is 3.12. The third-order valence-electron chi connectivity index (χ3n) is 10.5. The van der Waals surface area contributed by atoms with Crippen LogP contribution in [0, 0.1) is 6.92 Å². The molecule has 0 spiro atoms. The molecule has 3 aliphatic heterocycles. The van der Waals surface area contributed by atoms with Gasteiger partial charge in [0, 0.05) is 68.5 Å². The lowest BCUT2D eigenvalue weighted by Crippen LogP contribution is -2.54. The summed E-state index contributed by atoms with van der Waals surface area (Å²) in [4.78, 5) is 78.6. The van der Waals surface area contributed by atoms with Crippen molar-refractivity contribution < 1.29 is 64.2 Å². The fraction of sp³-hybridized carbons (Fsp3) is 0.615. The predicted octanol–water partition coefficient (Wildman–Crippen LogP) is 3.52. The van der Waals surface area contributed by atoms with Crippen LogP contribution in [0.1, 0.15) is 114 Å². The number of urea groups is 1. The second-order valence-corrected chi connectivity index (χ2v) is 18.1. The van der Waals surface area contributed by atoms with Crippen molar-refractivity contribution in [2.24, 2.45) is 0 Å². The number of aromatic nitrogens is 1. The van der Waals surface area contributed by atoms with Gasteiger partial charge in [0.25, 0.3) is 21.9 Å². The van der Waals surface area contributed by atoms with Crippen LogP contribution in [0.15, 0.2) is 23.4 Å². The molecule has 0 bridgehead atoms. The number of imide groups is 2. The maximum absolute atomic E-state index is 16.7. The summed E-state index contributed by atoms with van der Waals surface area (Å²) in [6.07, 6.45) is 9.89. The number of hydrogen-bond donors (Lipinski definition) is 4. The average molecular weight is 867 g/mol. The van der Waals surface area contributed by atoms with Gasteiger partial charge in [0.15, 0.2) is 5.70 Å². The Kier molecular flexibility index (Phi) is 16.5. The highest BCUT2D eigenvalue weighted by atomic mass is 32.2. The van der Waals surface area contributed by atoms with Gasteiger partial charge < -0.3 is 37.6 Å². The number of hydroxylamine groups is 2. The molecule has 1 unspecified atom stereocenters. The van der Waals surface area contributed by atoms with Gasteiger partial charge in [-0.15, -0.1) is 5.06 Å². The average Bonchev–Trinajstić information content (AvgIpc) is 3.77. The minimum absolute atomic E-state index is 0.0613. The number of amides is 6. The first-order chi connectivity index (χ1) is 28.1. The van der Waals surface area contributed by atoms with E-state index in [0.29, 0.717) is 35.0 Å². The number of allylic oxidation sites excluding steroid dienone is 2. The number of unbranched alkanes of at least 4 members (excludes halogenated alkanes) is 5. The first kappa shape index (κ1) is 47.9. The van der Waals surface area contributed by atoms with Gasteiger partial charge in [-0.1, -0.05) is 32.6 Å². The Hall–Kier alpha value is -4.76. The monoisotopic (exact) mass is 866 g/mol. The number of carbonyl (C=O) groups excluding carboxylic acids is 6. The number of halogens is 2. The highest BCUT2D eigenvalue weighted by molar-refractivity contribution is 7.85. The van der Waals surface area contributed by atoms with Gasteiger partial charge in [0.1, 0.15) is 17.5 Å². The quantitative estimate of drug-likeness (QED) is 0.0413. The van der Waals surface area contributed by atoms with Crippen molar-refractivity contribution >= 4 is 64.5 Å². The van der Waals surface area contributed by atoms with E-state index in [1.807, 2.05) is 17.5 Å². The van der Waals surface area contributed by atoms with Crippen molar-refractivity contribution in [3.8, 4) is 0 Å². The summed E-state index contributed by atoms with van der Waals surface area (Å²) < 4.78 is 69.1. The van der Waals surface area contributed by atoms with Crippen LogP contribution in [0.3, 0.4) is 0 Å². The molecule has 0 aromatic carbocycles. The zero-order valence-electron chi connectivity index (χ0n) is 35.2. The third-order valence-corrected chi connectivity index (χ3v) is 11.2. The van der Waals surface area contributed by atoms with Crippen molar-refractivity contribution in [2.45, 2.75) is 116 Å². The van der Waals surface area contributed by atoms with Crippen LogP contribution in [0.25, 0.3) is 6.08 Å². The second kappa shape index (κ2) is 20.7. The van der Waals surface area contributed by atoms with E-state index in [1.165, 1.54) is 0 Å². The molecular weight excluding hydrogens is 807 g/mol. The molecule has 1 aromatic heterocycles. The Labute approximate surface area is 350 Å². The zero-order valence-corrected chi connectivity index (χ0v) is 36.0. The SMILES string of the molecule is CCCCCCCC1=CC(CCC(=O)NC(=O)NC(CS(=O)(=O)O)C(=O)NCCCCC(=O)ON2C(=O)CCC2=O)=[N+]2C1=Cc1c(CCC[N+](C)(C)C)cc(C)n1[B-]2(F)F. The molecule has 1 fully saturated rings. The Morgan fingerprint density at radius 3 is 2.28 bits per heavy atom. The number of carbonyl (C=O) groups is 6. The number of fused-ring (bicyclic) bond motifs is 2. The van der Waals surface area contributed by atoms with E-state index in [4.69, 9.17) is 4.84 Å². The van der Waals surface area contributed by atoms with Gasteiger partial charge in [-0.2, -0.15) is 8.42 Å². The summed E-state index contributed by atoms with van der Waals surface area (Å²) >= 11 is 0. The molecule has 0 aliphatic carbocycles. The molecule has 0 saturated carbocycles. The lowest BCUT2D eigenvalue weighted by atomic mass is 9.88. The number of nitrogens with zero attached hydrogens (tertiary/aromatic N) is 4. The third kappa shape index (κ3) is 13.4. The lowest BCUT2D eigenvalue weighted by molar-refractivity contribution is -0.870. The molecule has 60 heavy (non-hydrogen) atoms. The van der Waals surface area contributed by atoms with Crippen molar-refractivity contribution in [1.29, 1.82) is 0 Å². The van der Waals surface area contributed by atoms with Gasteiger partial charge >= 0.3 is 19.0 Å². The standard InChI is InChI=1S/C39H58BF2N7O10S/c1-6-7-8-9-10-14-29-24-30(47-33(29)25-32-28(15-13-22-49(3,4)5)23-27(2)46(32)40(47,41)42)17-18-34(50)45-39(55)44-31(26-60(56,57)58)38(54)43-21-12-11-16-37(53)59-48-35(51)19-20-36(48)52/h23-25,31H,6-22,26H2,1-5H3,(H3-,43,44,45,50,54,55,56,57,58)/p+1. The van der Waals surface area contributed by atoms with Gasteiger partial charge in [0.05, 0.1) is 27.7 Å². The molecule has 1 saturated heterocycles. The summed E-state index contributed by atoms with van der Waals surface area (Å²) in [6.45, 7) is 0.188. The predicted molar refractivity (Wildman–Crippen MR) is 219 cm³/mol. The van der Waals surface area contributed by atoms with E-state index in [-0.39, 0.29) is 50.8 Å². The van der Waals surface area contributed by atoms with Crippen LogP contribution in [0.2, 0.25) is 0 Å². The maximum Gasteiger partial charge on any atom is 0.737 e. The van der Waals surface area contributed by atoms with Crippen molar-refractivity contribution in [2.75, 3.05) is 40.0 Å². The fourth-order valence-corrected chi connectivity index (χ4v) is 8.21. The van der Waals surface area contributed by atoms with Crippen LogP contribution in [-0.2, 0) is 45.3 Å². The van der Waals surface area contributed by atoms with E-state index < -0.39 is 70.9 Å². The zero-order chi connectivity index (χ0) is 44.4. The molecule has 332 valence electrons. The van der Waals surface area contributed by atoms with Crippen LogP contribution >= 0.6 is 0 Å². The summed E-state index contributed by atoms with van der Waals surface area (Å²) in [6, 6.07) is -1.27. The Morgan fingerprint density at radius 1 is 0.950 bits per heavy atom. The van der Waals surface area contributed by atoms with Crippen LogP contribution in [0.5, 0.6) is 0 Å². The van der Waals surface area contributed by atoms with E-state index in [9.17, 15) is 41.7 Å². The maximum atomic E-state index is 16.7. The molecule has 1 aromatic rings. The smallest absolute Gasteiger partial charge is 0.394 e. The van der Waals surface area contributed by atoms with Crippen molar-refractivity contribution in [3.05, 3.63) is 40.4 Å². The molecule has 0 radical (unpaired) electrons. The minimum atomic E-state index is -4.81. The molecule has 4 N–H and O–H groups in total. The largest absolute Gasteiger partial charge is 0.737 e. The summed E-state index contributed by atoms with van der Waals surface area (Å²) in [5, 5.41) is 6.85. The lowest BCUT2D eigenvalue weighted by Gasteiger charge is -2.31. The molecule has 21 heteroatoms. The topological polar surface area (TPSA) is 213 Å². The van der Waals surface area contributed by atoms with E-state index in [2.05, 4.69) is 38.7 Å². The minimum Gasteiger partial charge on any atom is -0.394 e. The van der Waals surface area contributed by atoms with Crippen molar-refractivity contribution in [3.63, 3.8) is 0 Å².